The summed E-state index contributed by atoms with van der Waals surface area (Å²) in [6.07, 6.45) is 13.2. The maximum Gasteiger partial charge on any atom is 0.227 e. The highest BCUT2D eigenvalue weighted by molar-refractivity contribution is 7.85. The monoisotopic (exact) mass is 500 g/mol. The van der Waals surface area contributed by atoms with Crippen LogP contribution in [0, 0.1) is 5.41 Å². The van der Waals surface area contributed by atoms with Crippen molar-refractivity contribution in [2.75, 3.05) is 35.7 Å². The Morgan fingerprint density at radius 1 is 1.12 bits per heavy atom. The Hall–Kier alpha value is -2.10. The Labute approximate surface area is 206 Å². The SMILES string of the molecule is O=[S@]1CCCc2nc(N3CC4(CC=C(c5ncc(Cl)cn5)CC4)C3)nc(NC3(CO)CCC3)c21. The quantitative estimate of drug-likeness (QED) is 0.644. The van der Waals surface area contributed by atoms with E-state index in [0.29, 0.717) is 22.5 Å². The van der Waals surface area contributed by atoms with Crippen LogP contribution in [0.15, 0.2) is 23.4 Å². The molecule has 0 unspecified atom stereocenters. The summed E-state index contributed by atoms with van der Waals surface area (Å²) in [7, 11) is -1.10. The number of aliphatic hydroxyl groups is 1. The molecule has 2 N–H and O–H groups in total. The smallest absolute Gasteiger partial charge is 0.227 e. The van der Waals surface area contributed by atoms with E-state index in [-0.39, 0.29) is 17.6 Å². The van der Waals surface area contributed by atoms with E-state index in [1.165, 1.54) is 5.57 Å². The molecule has 4 heterocycles. The Kier molecular flexibility index (Phi) is 5.61. The first kappa shape index (κ1) is 22.4. The summed E-state index contributed by atoms with van der Waals surface area (Å²) < 4.78 is 12.9. The van der Waals surface area contributed by atoms with E-state index in [1.54, 1.807) is 12.4 Å². The number of hydrogen-bond donors (Lipinski definition) is 2. The second-order valence-electron chi connectivity index (χ2n) is 10.2. The largest absolute Gasteiger partial charge is 0.394 e. The molecule has 0 radical (unpaired) electrons. The van der Waals surface area contributed by atoms with Crippen LogP contribution < -0.4 is 10.2 Å². The lowest BCUT2D eigenvalue weighted by Crippen LogP contribution is -2.57. The standard InChI is InChI=1S/C24H29ClN6O2S/c25-17-11-26-20(27-12-17)16-4-8-23(9-5-16)13-31(14-23)22-28-18-3-1-10-34(33)19(18)21(29-22)30-24(15-32)6-2-7-24/h4,11-12,32H,1-3,5-10,13-15H2,(H,28,29,30)/t34-/m0/s1. The van der Waals surface area contributed by atoms with Crippen LogP contribution in [0.2, 0.25) is 5.02 Å². The molecule has 2 aromatic heterocycles. The average Bonchev–Trinajstić information content (AvgIpc) is 2.80. The molecule has 1 saturated carbocycles. The number of aliphatic hydroxyl groups excluding tert-OH is 1. The number of halogens is 1. The van der Waals surface area contributed by atoms with E-state index in [4.69, 9.17) is 21.6 Å². The Morgan fingerprint density at radius 3 is 2.56 bits per heavy atom. The second kappa shape index (κ2) is 8.53. The highest BCUT2D eigenvalue weighted by atomic mass is 35.5. The van der Waals surface area contributed by atoms with Gasteiger partial charge in [0, 0.05) is 36.7 Å². The molecule has 8 nitrogen and oxygen atoms in total. The van der Waals surface area contributed by atoms with Gasteiger partial charge < -0.3 is 15.3 Å². The van der Waals surface area contributed by atoms with Crippen molar-refractivity contribution in [1.29, 1.82) is 0 Å². The van der Waals surface area contributed by atoms with Crippen molar-refractivity contribution in [3.63, 3.8) is 0 Å². The normalized spacial score (nSPS) is 24.6. The van der Waals surface area contributed by atoms with Gasteiger partial charge in [-0.1, -0.05) is 17.7 Å². The fourth-order valence-electron chi connectivity index (χ4n) is 5.59. The van der Waals surface area contributed by atoms with Gasteiger partial charge in [-0.2, -0.15) is 4.98 Å². The first-order valence-corrected chi connectivity index (χ1v) is 13.8. The second-order valence-corrected chi connectivity index (χ2v) is 12.2. The topological polar surface area (TPSA) is 104 Å². The van der Waals surface area contributed by atoms with Crippen LogP contribution in [-0.4, -0.2) is 60.2 Å². The van der Waals surface area contributed by atoms with Crippen molar-refractivity contribution in [1.82, 2.24) is 19.9 Å². The van der Waals surface area contributed by atoms with Crippen LogP contribution in [0.4, 0.5) is 11.8 Å². The number of aryl methyl sites for hydroxylation is 1. The Bertz CT molecular complexity index is 1160. The van der Waals surface area contributed by atoms with Crippen LogP contribution in [-0.2, 0) is 17.2 Å². The van der Waals surface area contributed by atoms with Crippen molar-refractivity contribution in [2.45, 2.75) is 61.8 Å². The molecule has 0 aromatic carbocycles. The van der Waals surface area contributed by atoms with E-state index in [0.717, 1.165) is 80.9 Å². The molecule has 1 saturated heterocycles. The van der Waals surface area contributed by atoms with E-state index in [1.807, 2.05) is 0 Å². The molecule has 1 atom stereocenters. The summed E-state index contributed by atoms with van der Waals surface area (Å²) in [5.74, 6) is 2.80. The molecule has 2 aliphatic heterocycles. The number of nitrogens with zero attached hydrogens (tertiary/aromatic N) is 5. The first-order chi connectivity index (χ1) is 16.5. The predicted molar refractivity (Wildman–Crippen MR) is 132 cm³/mol. The third-order valence-corrected chi connectivity index (χ3v) is 9.58. The maximum absolute atomic E-state index is 12.9. The van der Waals surface area contributed by atoms with Crippen LogP contribution in [0.3, 0.4) is 0 Å². The molecular weight excluding hydrogens is 472 g/mol. The molecule has 0 bridgehead atoms. The predicted octanol–water partition coefficient (Wildman–Crippen LogP) is 3.37. The third-order valence-electron chi connectivity index (χ3n) is 7.84. The minimum Gasteiger partial charge on any atom is -0.394 e. The van der Waals surface area contributed by atoms with Crippen LogP contribution in [0.1, 0.15) is 56.5 Å². The number of anilines is 2. The van der Waals surface area contributed by atoms with Gasteiger partial charge in [0.25, 0.3) is 0 Å². The summed E-state index contributed by atoms with van der Waals surface area (Å²) in [5, 5.41) is 14.0. The molecular formula is C24H29ClN6O2S. The van der Waals surface area contributed by atoms with Gasteiger partial charge in [-0.05, 0) is 56.9 Å². The van der Waals surface area contributed by atoms with Gasteiger partial charge in [-0.25, -0.2) is 15.0 Å². The molecule has 0 amide bonds. The number of nitrogens with one attached hydrogen (secondary N) is 1. The Morgan fingerprint density at radius 2 is 1.91 bits per heavy atom. The summed E-state index contributed by atoms with van der Waals surface area (Å²) >= 11 is 5.92. The van der Waals surface area contributed by atoms with Gasteiger partial charge in [0.2, 0.25) is 5.95 Å². The van der Waals surface area contributed by atoms with Crippen molar-refractivity contribution < 1.29 is 9.32 Å². The summed E-state index contributed by atoms with van der Waals surface area (Å²) in [4.78, 5) is 21.5. The minimum absolute atomic E-state index is 0.0621. The molecule has 4 aliphatic rings. The average molecular weight is 501 g/mol. The van der Waals surface area contributed by atoms with Gasteiger partial charge >= 0.3 is 0 Å². The molecule has 1 spiro atoms. The van der Waals surface area contributed by atoms with Gasteiger partial charge in [0.1, 0.15) is 10.7 Å². The fourth-order valence-corrected chi connectivity index (χ4v) is 7.02. The number of allylic oxidation sites excluding steroid dienone is 2. The van der Waals surface area contributed by atoms with Gasteiger partial charge in [0.15, 0.2) is 5.82 Å². The third kappa shape index (κ3) is 3.91. The molecule has 10 heteroatoms. The lowest BCUT2D eigenvalue weighted by atomic mass is 9.69. The van der Waals surface area contributed by atoms with E-state index < -0.39 is 10.8 Å². The van der Waals surface area contributed by atoms with Crippen molar-refractivity contribution in [2.24, 2.45) is 5.41 Å². The Balaban J connectivity index is 1.21. The summed E-state index contributed by atoms with van der Waals surface area (Å²) in [5.41, 5.74) is 1.97. The van der Waals surface area contributed by atoms with Crippen LogP contribution >= 0.6 is 11.6 Å². The number of fused-ring (bicyclic) bond motifs is 1. The lowest BCUT2D eigenvalue weighted by molar-refractivity contribution is 0.143. The van der Waals surface area contributed by atoms with Crippen molar-refractivity contribution in [3.05, 3.63) is 35.0 Å². The number of rotatable bonds is 5. The van der Waals surface area contributed by atoms with Crippen LogP contribution in [0.25, 0.3) is 5.57 Å². The fraction of sp³-hybridized carbons (Fsp3) is 0.583. The van der Waals surface area contributed by atoms with Gasteiger partial charge in [0.05, 0.1) is 33.7 Å². The molecule has 34 heavy (non-hydrogen) atoms. The van der Waals surface area contributed by atoms with E-state index >= 15 is 0 Å². The zero-order valence-electron chi connectivity index (χ0n) is 19.1. The van der Waals surface area contributed by atoms with E-state index in [9.17, 15) is 9.32 Å². The molecule has 2 aromatic rings. The summed E-state index contributed by atoms with van der Waals surface area (Å²) in [6, 6.07) is 0. The molecule has 2 aliphatic carbocycles. The highest BCUT2D eigenvalue weighted by Gasteiger charge is 2.45. The summed E-state index contributed by atoms with van der Waals surface area (Å²) in [6.45, 7) is 1.88. The van der Waals surface area contributed by atoms with Crippen molar-refractivity contribution in [3.8, 4) is 0 Å². The number of hydrogen-bond acceptors (Lipinski definition) is 8. The van der Waals surface area contributed by atoms with E-state index in [2.05, 4.69) is 26.3 Å². The number of aromatic nitrogens is 4. The van der Waals surface area contributed by atoms with Gasteiger partial charge in [-0.3, -0.25) is 4.21 Å². The zero-order chi connectivity index (χ0) is 23.3. The molecule has 2 fully saturated rings. The lowest BCUT2D eigenvalue weighted by Gasteiger charge is -2.52. The van der Waals surface area contributed by atoms with Crippen LogP contribution in [0.5, 0.6) is 0 Å². The molecule has 180 valence electrons. The highest BCUT2D eigenvalue weighted by Crippen LogP contribution is 2.46. The molecule has 6 rings (SSSR count). The minimum atomic E-state index is -1.10. The zero-order valence-corrected chi connectivity index (χ0v) is 20.7. The maximum atomic E-state index is 12.9. The first-order valence-electron chi connectivity index (χ1n) is 12.1. The van der Waals surface area contributed by atoms with Gasteiger partial charge in [-0.15, -0.1) is 0 Å². The van der Waals surface area contributed by atoms with Crippen molar-refractivity contribution >= 4 is 39.7 Å².